The minimum absolute atomic E-state index is 0.00464. The molecule has 7 unspecified atom stereocenters. The number of allylic oxidation sites excluding steroid dienone is 4. The van der Waals surface area contributed by atoms with E-state index in [0.717, 1.165) is 25.7 Å². The third-order valence-corrected chi connectivity index (χ3v) is 7.82. The maximum Gasteiger partial charge on any atom is 0.309 e. The molecule has 182 valence electrons. The predicted octanol–water partition coefficient (Wildman–Crippen LogP) is 4.07. The lowest BCUT2D eigenvalue weighted by Crippen LogP contribution is -2.45. The highest BCUT2D eigenvalue weighted by Crippen LogP contribution is 2.52. The van der Waals surface area contributed by atoms with Crippen LogP contribution in [0.3, 0.4) is 0 Å². The quantitative estimate of drug-likeness (QED) is 0.359. The molecule has 0 saturated carbocycles. The van der Waals surface area contributed by atoms with Gasteiger partial charge in [0, 0.05) is 6.54 Å². The number of fused-ring (bicyclic) bond motifs is 1. The van der Waals surface area contributed by atoms with Gasteiger partial charge in [0.15, 0.2) is 0 Å². The smallest absolute Gasteiger partial charge is 0.309 e. The molecule has 0 spiro atoms. The predicted molar refractivity (Wildman–Crippen MR) is 126 cm³/mol. The Morgan fingerprint density at radius 1 is 1.25 bits per heavy atom. The van der Waals surface area contributed by atoms with Crippen molar-refractivity contribution in [3.8, 4) is 0 Å². The van der Waals surface area contributed by atoms with Crippen molar-refractivity contribution < 1.29 is 24.9 Å². The lowest BCUT2D eigenvalue weighted by atomic mass is 9.56. The van der Waals surface area contributed by atoms with Gasteiger partial charge in [0.1, 0.15) is 0 Å². The summed E-state index contributed by atoms with van der Waals surface area (Å²) >= 11 is 0. The van der Waals surface area contributed by atoms with Gasteiger partial charge in [0.05, 0.1) is 24.0 Å². The molecule has 1 amide bonds. The Hall–Kier alpha value is -1.66. The van der Waals surface area contributed by atoms with Gasteiger partial charge in [-0.25, -0.2) is 0 Å². The maximum absolute atomic E-state index is 12.2. The molecule has 6 nitrogen and oxygen atoms in total. The topological polar surface area (TPSA) is 107 Å². The van der Waals surface area contributed by atoms with Crippen molar-refractivity contribution in [2.75, 3.05) is 6.54 Å². The van der Waals surface area contributed by atoms with Gasteiger partial charge in [0.25, 0.3) is 0 Å². The molecular weight excluding hydrogens is 406 g/mol. The first kappa shape index (κ1) is 26.6. The Morgan fingerprint density at radius 3 is 2.59 bits per heavy atom. The number of aliphatic carboxylic acids is 1. The zero-order valence-corrected chi connectivity index (χ0v) is 20.2. The van der Waals surface area contributed by atoms with Gasteiger partial charge < -0.3 is 20.6 Å². The molecule has 0 aromatic rings. The molecule has 0 fully saturated rings. The highest BCUT2D eigenvalue weighted by atomic mass is 16.4. The molecule has 0 bridgehead atoms. The summed E-state index contributed by atoms with van der Waals surface area (Å²) in [5.41, 5.74) is 0.473. The number of hydrogen-bond acceptors (Lipinski definition) is 4. The number of aliphatic hydroxyl groups excluding tert-OH is 2. The van der Waals surface area contributed by atoms with E-state index in [4.69, 9.17) is 0 Å². The largest absolute Gasteiger partial charge is 0.481 e. The Morgan fingerprint density at radius 2 is 1.97 bits per heavy atom. The molecule has 0 radical (unpaired) electrons. The Kier molecular flexibility index (Phi) is 9.96. The van der Waals surface area contributed by atoms with Crippen molar-refractivity contribution in [2.24, 2.45) is 29.1 Å². The summed E-state index contributed by atoms with van der Waals surface area (Å²) in [4.78, 5) is 24.0. The van der Waals surface area contributed by atoms with Crippen LogP contribution in [0.1, 0.15) is 79.1 Å². The fourth-order valence-electron chi connectivity index (χ4n) is 5.61. The van der Waals surface area contributed by atoms with E-state index in [2.05, 4.69) is 30.5 Å². The Balaban J connectivity index is 2.05. The molecule has 4 N–H and O–H groups in total. The summed E-state index contributed by atoms with van der Waals surface area (Å²) < 4.78 is 0. The van der Waals surface area contributed by atoms with Gasteiger partial charge in [-0.05, 0) is 81.1 Å². The first-order valence-electron chi connectivity index (χ1n) is 12.4. The number of aliphatic hydroxyl groups is 2. The van der Waals surface area contributed by atoms with Crippen LogP contribution in [0.25, 0.3) is 0 Å². The summed E-state index contributed by atoms with van der Waals surface area (Å²) in [6, 6.07) is 0. The van der Waals surface area contributed by atoms with Gasteiger partial charge in [-0.3, -0.25) is 9.59 Å². The number of carboxylic acid groups (broad SMARTS) is 1. The zero-order chi connectivity index (χ0) is 23.9. The third kappa shape index (κ3) is 6.44. The van der Waals surface area contributed by atoms with E-state index in [1.165, 1.54) is 5.57 Å². The minimum Gasteiger partial charge on any atom is -0.481 e. The maximum atomic E-state index is 12.2. The van der Waals surface area contributed by atoms with E-state index in [9.17, 15) is 24.9 Å². The van der Waals surface area contributed by atoms with Crippen LogP contribution in [0.5, 0.6) is 0 Å². The molecule has 2 rings (SSSR count). The lowest BCUT2D eigenvalue weighted by Gasteiger charge is -2.48. The summed E-state index contributed by atoms with van der Waals surface area (Å²) in [5, 5.41) is 33.5. The van der Waals surface area contributed by atoms with E-state index in [-0.39, 0.29) is 36.5 Å². The summed E-state index contributed by atoms with van der Waals surface area (Å²) in [6.45, 7) is 8.58. The van der Waals surface area contributed by atoms with Gasteiger partial charge in [0.2, 0.25) is 5.91 Å². The molecule has 0 aliphatic heterocycles. The van der Waals surface area contributed by atoms with Crippen molar-refractivity contribution >= 4 is 11.9 Å². The van der Waals surface area contributed by atoms with Crippen LogP contribution in [0.15, 0.2) is 23.8 Å². The van der Waals surface area contributed by atoms with E-state index >= 15 is 0 Å². The van der Waals surface area contributed by atoms with Crippen molar-refractivity contribution in [1.29, 1.82) is 0 Å². The molecule has 0 aromatic carbocycles. The minimum atomic E-state index is -0.862. The van der Waals surface area contributed by atoms with Crippen LogP contribution in [-0.4, -0.2) is 45.9 Å². The number of hydrogen-bond donors (Lipinski definition) is 4. The molecule has 0 saturated heterocycles. The first-order chi connectivity index (χ1) is 15.1. The number of carbonyl (C=O) groups is 2. The zero-order valence-electron chi connectivity index (χ0n) is 20.2. The molecule has 32 heavy (non-hydrogen) atoms. The Bertz CT molecular complexity index is 702. The first-order valence-corrected chi connectivity index (χ1v) is 12.4. The lowest BCUT2D eigenvalue weighted by molar-refractivity contribution is -0.154. The average molecular weight is 450 g/mol. The monoisotopic (exact) mass is 449 g/mol. The second-order valence-corrected chi connectivity index (χ2v) is 10.0. The number of nitrogens with one attached hydrogen (secondary N) is 1. The van der Waals surface area contributed by atoms with Gasteiger partial charge >= 0.3 is 5.97 Å². The average Bonchev–Trinajstić information content (AvgIpc) is 2.75. The third-order valence-electron chi connectivity index (χ3n) is 7.82. The van der Waals surface area contributed by atoms with E-state index in [0.29, 0.717) is 25.3 Å². The second-order valence-electron chi connectivity index (χ2n) is 10.0. The summed E-state index contributed by atoms with van der Waals surface area (Å²) in [7, 11) is 0. The Labute approximate surface area is 193 Å². The van der Waals surface area contributed by atoms with E-state index in [1.807, 2.05) is 20.8 Å². The van der Waals surface area contributed by atoms with Gasteiger partial charge in [-0.2, -0.15) is 0 Å². The number of carbonyl (C=O) groups excluding carboxylic acids is 1. The normalized spacial score (nSPS) is 28.8. The van der Waals surface area contributed by atoms with Crippen LogP contribution >= 0.6 is 0 Å². The van der Waals surface area contributed by atoms with E-state index < -0.39 is 23.6 Å². The van der Waals surface area contributed by atoms with Crippen molar-refractivity contribution in [3.63, 3.8) is 0 Å². The number of amides is 1. The highest BCUT2D eigenvalue weighted by molar-refractivity contribution is 5.76. The van der Waals surface area contributed by atoms with Crippen LogP contribution in [0, 0.1) is 29.1 Å². The van der Waals surface area contributed by atoms with E-state index in [1.54, 1.807) is 0 Å². The van der Waals surface area contributed by atoms with Gasteiger partial charge in [-0.1, -0.05) is 39.0 Å². The van der Waals surface area contributed by atoms with Crippen molar-refractivity contribution in [1.82, 2.24) is 5.32 Å². The molecule has 2 aliphatic carbocycles. The molecule has 7 atom stereocenters. The SMILES string of the molecule is CCCNC(=O)CC(O)CC(O)CCC1C(C)C=CC2=CCCC(C(C)(CC)C(=O)O)C21. The van der Waals surface area contributed by atoms with Crippen molar-refractivity contribution in [2.45, 2.75) is 91.3 Å². The number of carboxylic acids is 1. The van der Waals surface area contributed by atoms with Crippen LogP contribution < -0.4 is 5.32 Å². The fourth-order valence-corrected chi connectivity index (χ4v) is 5.61. The highest BCUT2D eigenvalue weighted by Gasteiger charge is 2.49. The molecule has 2 aliphatic rings. The molecule has 6 heteroatoms. The summed E-state index contributed by atoms with van der Waals surface area (Å²) in [5.74, 6) is -0.137. The molecule has 0 heterocycles. The van der Waals surface area contributed by atoms with Gasteiger partial charge in [-0.15, -0.1) is 0 Å². The van der Waals surface area contributed by atoms with Crippen molar-refractivity contribution in [3.05, 3.63) is 23.8 Å². The standard InChI is InChI=1S/C26H43NO5/c1-5-14-27-23(30)16-20(29)15-19(28)12-13-21-17(3)10-11-18-8-7-9-22(24(18)21)26(4,6-2)25(31)32/h8,10-11,17,19-22,24,28-29H,5-7,9,12-16H2,1-4H3,(H,27,30)(H,31,32). The number of rotatable bonds is 12. The summed E-state index contributed by atoms with van der Waals surface area (Å²) in [6.07, 6.45) is 9.77. The van der Waals surface area contributed by atoms with Crippen LogP contribution in [0.4, 0.5) is 0 Å². The fraction of sp³-hybridized carbons (Fsp3) is 0.769. The van der Waals surface area contributed by atoms with Crippen LogP contribution in [0.2, 0.25) is 0 Å². The van der Waals surface area contributed by atoms with Crippen LogP contribution in [-0.2, 0) is 9.59 Å². The molecular formula is C26H43NO5. The second kappa shape index (κ2) is 12.0. The molecule has 0 aromatic heterocycles.